The molecule has 4 heteroatoms. The molecular formula is C2H2N2Te2. The van der Waals surface area contributed by atoms with Crippen molar-refractivity contribution in [2.24, 2.45) is 4.99 Å². The fraction of sp³-hybridized carbons (Fsp3) is 0. The van der Waals surface area contributed by atoms with Crippen molar-refractivity contribution < 1.29 is 0 Å². The summed E-state index contributed by atoms with van der Waals surface area (Å²) in [4.78, 5) is 3.59. The fourth-order valence-electron chi connectivity index (χ4n) is 0.0479. The van der Waals surface area contributed by atoms with E-state index < -0.39 is 0 Å². The predicted octanol–water partition coefficient (Wildman–Crippen LogP) is -0.714. The van der Waals surface area contributed by atoms with Crippen LogP contribution in [0.1, 0.15) is 0 Å². The molecule has 0 bridgehead atoms. The van der Waals surface area contributed by atoms with Gasteiger partial charge in [-0.05, 0) is 0 Å². The summed E-state index contributed by atoms with van der Waals surface area (Å²) in [6.07, 6.45) is 0. The molecule has 0 saturated carbocycles. The van der Waals surface area contributed by atoms with Gasteiger partial charge in [-0.3, -0.25) is 0 Å². The molecule has 0 aliphatic heterocycles. The molecule has 0 aromatic rings. The van der Waals surface area contributed by atoms with Gasteiger partial charge in [0.1, 0.15) is 0 Å². The molecule has 0 heterocycles. The van der Waals surface area contributed by atoms with Gasteiger partial charge in [-0.1, -0.05) is 0 Å². The Kier molecular flexibility index (Phi) is 4.71. The van der Waals surface area contributed by atoms with E-state index in [0.29, 0.717) is 3.88 Å². The minimum atomic E-state index is 0.371. The summed E-state index contributed by atoms with van der Waals surface area (Å²) in [7, 11) is 0. The standard InChI is InChI=1S/C2H2N2Te2/c3-2(6)4-1-5/h1,3H. The van der Waals surface area contributed by atoms with Crippen LogP contribution in [-0.4, -0.2) is 52.7 Å². The quantitative estimate of drug-likeness (QED) is 0.349. The predicted molar refractivity (Wildman–Crippen MR) is 27.7 cm³/mol. The van der Waals surface area contributed by atoms with Gasteiger partial charge < -0.3 is 0 Å². The van der Waals surface area contributed by atoms with E-state index in [-0.39, 0.29) is 0 Å². The SMILES string of the molecule is N=C([Te])N=C[Te]. The van der Waals surface area contributed by atoms with Crippen LogP contribution in [0.15, 0.2) is 4.99 Å². The van der Waals surface area contributed by atoms with Crippen molar-refractivity contribution >= 4 is 52.7 Å². The van der Waals surface area contributed by atoms with Crippen LogP contribution >= 0.6 is 0 Å². The van der Waals surface area contributed by atoms with Crippen molar-refractivity contribution in [2.75, 3.05) is 0 Å². The van der Waals surface area contributed by atoms with Gasteiger partial charge in [-0.25, -0.2) is 0 Å². The van der Waals surface area contributed by atoms with Crippen LogP contribution in [0.3, 0.4) is 0 Å². The number of aliphatic imine (C=N–C) groups is 1. The van der Waals surface area contributed by atoms with Gasteiger partial charge in [-0.2, -0.15) is 0 Å². The van der Waals surface area contributed by atoms with Gasteiger partial charge in [-0.15, -0.1) is 0 Å². The summed E-state index contributed by atoms with van der Waals surface area (Å²) >= 11 is 3.31. The molecule has 0 saturated heterocycles. The van der Waals surface area contributed by atoms with E-state index in [1.54, 1.807) is 48.9 Å². The summed E-state index contributed by atoms with van der Waals surface area (Å²) in [5.74, 6) is 0. The monoisotopic (exact) mass is 314 g/mol. The molecular weight excluding hydrogens is 307 g/mol. The van der Waals surface area contributed by atoms with E-state index in [1.165, 1.54) is 0 Å². The Labute approximate surface area is 62.7 Å². The zero-order valence-electron chi connectivity index (χ0n) is 2.84. The van der Waals surface area contributed by atoms with Gasteiger partial charge in [0.25, 0.3) is 0 Å². The van der Waals surface area contributed by atoms with Crippen molar-refractivity contribution in [3.63, 3.8) is 0 Å². The average molecular weight is 309 g/mol. The molecule has 0 aromatic heterocycles. The molecule has 0 amide bonds. The van der Waals surface area contributed by atoms with Crippen LogP contribution in [0.5, 0.6) is 0 Å². The third-order valence-electron chi connectivity index (χ3n) is 0.170. The Hall–Kier alpha value is 0.919. The van der Waals surface area contributed by atoms with Gasteiger partial charge in [0, 0.05) is 0 Å². The molecule has 2 radical (unpaired) electrons. The normalized spacial score (nSPS) is 9.33. The number of nitrogens with zero attached hydrogens (tertiary/aromatic N) is 1. The zero-order chi connectivity index (χ0) is 4.99. The number of amidine groups is 1. The Morgan fingerprint density at radius 2 is 2.33 bits per heavy atom. The second-order valence-electron chi connectivity index (χ2n) is 0.540. The van der Waals surface area contributed by atoms with E-state index in [0.717, 1.165) is 0 Å². The summed E-state index contributed by atoms with van der Waals surface area (Å²) < 4.78 is 1.98. The molecule has 6 heavy (non-hydrogen) atoms. The number of rotatable bonds is 0. The molecule has 0 spiro atoms. The van der Waals surface area contributed by atoms with Crippen LogP contribution in [-0.2, 0) is 0 Å². The third-order valence-corrected chi connectivity index (χ3v) is 0.772. The summed E-state index contributed by atoms with van der Waals surface area (Å²) in [5.41, 5.74) is 0. The van der Waals surface area contributed by atoms with Gasteiger partial charge in [0.2, 0.25) is 0 Å². The van der Waals surface area contributed by atoms with Crippen LogP contribution in [0.4, 0.5) is 0 Å². The molecule has 32 valence electrons. The van der Waals surface area contributed by atoms with Crippen LogP contribution in [0.2, 0.25) is 0 Å². The molecule has 0 fully saturated rings. The van der Waals surface area contributed by atoms with Crippen molar-refractivity contribution in [1.82, 2.24) is 0 Å². The van der Waals surface area contributed by atoms with Crippen molar-refractivity contribution in [3.05, 3.63) is 0 Å². The first-order valence-corrected chi connectivity index (χ1v) is 3.68. The summed E-state index contributed by atoms with van der Waals surface area (Å²) in [5, 5.41) is 6.70. The molecule has 0 aromatic carbocycles. The van der Waals surface area contributed by atoms with Crippen LogP contribution in [0.25, 0.3) is 0 Å². The van der Waals surface area contributed by atoms with Gasteiger partial charge in [0.05, 0.1) is 0 Å². The van der Waals surface area contributed by atoms with Crippen molar-refractivity contribution in [3.8, 4) is 0 Å². The van der Waals surface area contributed by atoms with E-state index in [1.807, 2.05) is 0 Å². The Balaban J connectivity index is 3.30. The van der Waals surface area contributed by atoms with E-state index in [2.05, 4.69) is 4.99 Å². The average Bonchev–Trinajstić information content (AvgIpc) is 1.35. The van der Waals surface area contributed by atoms with Gasteiger partial charge in [0.15, 0.2) is 0 Å². The zero-order valence-corrected chi connectivity index (χ0v) is 7.50. The maximum atomic E-state index is 6.70. The Morgan fingerprint density at radius 1 is 1.83 bits per heavy atom. The first-order valence-electron chi connectivity index (χ1n) is 1.17. The number of hydrogen-bond acceptors (Lipinski definition) is 1. The molecule has 0 aliphatic rings. The van der Waals surface area contributed by atoms with E-state index in [4.69, 9.17) is 5.41 Å². The molecule has 0 unspecified atom stereocenters. The topological polar surface area (TPSA) is 36.2 Å². The molecule has 1 N–H and O–H groups in total. The van der Waals surface area contributed by atoms with Crippen LogP contribution < -0.4 is 0 Å². The fourth-order valence-corrected chi connectivity index (χ4v) is 1.15. The number of hydrogen-bond donors (Lipinski definition) is 1. The molecule has 0 rings (SSSR count). The van der Waals surface area contributed by atoms with Crippen molar-refractivity contribution in [2.45, 2.75) is 0 Å². The first kappa shape index (κ1) is 6.92. The Bertz CT molecular complexity index is 77.6. The third kappa shape index (κ3) is 4.92. The van der Waals surface area contributed by atoms with E-state index in [9.17, 15) is 0 Å². The molecule has 0 aliphatic carbocycles. The second kappa shape index (κ2) is 4.09. The first-order chi connectivity index (χ1) is 2.77. The summed E-state index contributed by atoms with van der Waals surface area (Å²) in [6.45, 7) is 0. The van der Waals surface area contributed by atoms with E-state index >= 15 is 0 Å². The second-order valence-corrected chi connectivity index (χ2v) is 2.25. The van der Waals surface area contributed by atoms with Crippen LogP contribution in [0, 0.1) is 5.41 Å². The Morgan fingerprint density at radius 3 is 2.33 bits per heavy atom. The minimum absolute atomic E-state index is 0.371. The van der Waals surface area contributed by atoms with Crippen molar-refractivity contribution in [1.29, 1.82) is 5.41 Å². The number of nitrogens with one attached hydrogen (secondary N) is 1. The summed E-state index contributed by atoms with van der Waals surface area (Å²) in [6, 6.07) is 0. The van der Waals surface area contributed by atoms with Gasteiger partial charge >= 0.3 is 63.1 Å². The molecule has 2 nitrogen and oxygen atoms in total. The maximum absolute atomic E-state index is 6.70. The molecule has 0 atom stereocenters.